The molecule has 0 atom stereocenters. The Morgan fingerprint density at radius 3 is 2.04 bits per heavy atom. The first-order chi connectivity index (χ1) is 12.8. The van der Waals surface area contributed by atoms with Crippen LogP contribution in [0.3, 0.4) is 0 Å². The molecule has 2 aromatic rings. The number of anilines is 2. The summed E-state index contributed by atoms with van der Waals surface area (Å²) >= 11 is 0. The molecular formula is C22H29N3O2. The minimum atomic E-state index is -0.385. The Labute approximate surface area is 161 Å². The van der Waals surface area contributed by atoms with E-state index in [2.05, 4.69) is 43.6 Å². The lowest BCUT2D eigenvalue weighted by atomic mass is 9.93. The van der Waals surface area contributed by atoms with Crippen molar-refractivity contribution in [1.29, 1.82) is 0 Å². The second kappa shape index (κ2) is 9.21. The number of amides is 3. The highest BCUT2D eigenvalue weighted by Gasteiger charge is 2.16. The Balaban J connectivity index is 2.00. The van der Waals surface area contributed by atoms with Gasteiger partial charge in [-0.1, -0.05) is 58.0 Å². The second-order valence-electron chi connectivity index (χ2n) is 7.35. The molecule has 0 radical (unpaired) electrons. The predicted molar refractivity (Wildman–Crippen MR) is 111 cm³/mol. The summed E-state index contributed by atoms with van der Waals surface area (Å²) in [7, 11) is 0. The summed E-state index contributed by atoms with van der Waals surface area (Å²) in [6.45, 7) is 10.2. The van der Waals surface area contributed by atoms with E-state index in [9.17, 15) is 9.59 Å². The highest BCUT2D eigenvalue weighted by Crippen LogP contribution is 2.32. The van der Waals surface area contributed by atoms with E-state index in [0.717, 1.165) is 28.1 Å². The molecule has 3 N–H and O–H groups in total. The van der Waals surface area contributed by atoms with Gasteiger partial charge in [0.1, 0.15) is 0 Å². The summed E-state index contributed by atoms with van der Waals surface area (Å²) in [6, 6.07) is 13.2. The molecule has 0 saturated carbocycles. The van der Waals surface area contributed by atoms with Gasteiger partial charge in [0.15, 0.2) is 0 Å². The van der Waals surface area contributed by atoms with E-state index in [4.69, 9.17) is 0 Å². The molecule has 0 fully saturated rings. The van der Waals surface area contributed by atoms with Crippen molar-refractivity contribution in [2.45, 2.75) is 46.5 Å². The van der Waals surface area contributed by atoms with Crippen LogP contribution in [0.5, 0.6) is 0 Å². The van der Waals surface area contributed by atoms with Gasteiger partial charge in [-0.25, -0.2) is 4.79 Å². The third-order valence-electron chi connectivity index (χ3n) is 4.32. The predicted octanol–water partition coefficient (Wildman–Crippen LogP) is 5.00. The number of hydrogen-bond donors (Lipinski definition) is 3. The van der Waals surface area contributed by atoms with E-state index < -0.39 is 0 Å². The molecule has 5 nitrogen and oxygen atoms in total. The Morgan fingerprint density at radius 1 is 0.889 bits per heavy atom. The van der Waals surface area contributed by atoms with Crippen LogP contribution in [-0.4, -0.2) is 18.5 Å². The first-order valence-corrected chi connectivity index (χ1v) is 9.32. The first kappa shape index (κ1) is 20.5. The SMILES string of the molecule is Cc1cccc(NC(=O)CNC(=O)Nc2c(C(C)C)cccc2C(C)C)c1. The molecule has 0 spiro atoms. The van der Waals surface area contributed by atoms with Crippen LogP contribution in [0.25, 0.3) is 0 Å². The summed E-state index contributed by atoms with van der Waals surface area (Å²) in [5.74, 6) is 0.296. The minimum absolute atomic E-state index is 0.0966. The lowest BCUT2D eigenvalue weighted by Gasteiger charge is -2.20. The van der Waals surface area contributed by atoms with Gasteiger partial charge in [0.2, 0.25) is 5.91 Å². The lowest BCUT2D eigenvalue weighted by molar-refractivity contribution is -0.115. The molecule has 0 bridgehead atoms. The smallest absolute Gasteiger partial charge is 0.319 e. The molecule has 0 aliphatic heterocycles. The Bertz CT molecular complexity index is 787. The number of benzene rings is 2. The van der Waals surface area contributed by atoms with Gasteiger partial charge in [0.25, 0.3) is 0 Å². The maximum absolute atomic E-state index is 12.4. The zero-order chi connectivity index (χ0) is 20.0. The summed E-state index contributed by atoms with van der Waals surface area (Å²) in [5.41, 5.74) is 4.78. The maximum Gasteiger partial charge on any atom is 0.319 e. The van der Waals surface area contributed by atoms with E-state index in [1.165, 1.54) is 0 Å². The lowest BCUT2D eigenvalue weighted by Crippen LogP contribution is -2.36. The molecule has 0 saturated heterocycles. The highest BCUT2D eigenvalue weighted by atomic mass is 16.2. The number of rotatable bonds is 6. The quantitative estimate of drug-likeness (QED) is 0.672. The molecule has 0 aliphatic carbocycles. The van der Waals surface area contributed by atoms with Crippen molar-refractivity contribution in [2.24, 2.45) is 0 Å². The average molecular weight is 367 g/mol. The standard InChI is InChI=1S/C22H29N3O2/c1-14(2)18-10-7-11-19(15(3)4)21(18)25-22(27)23-13-20(26)24-17-9-6-8-16(5)12-17/h6-12,14-15H,13H2,1-5H3,(H,24,26)(H2,23,25,27). The zero-order valence-electron chi connectivity index (χ0n) is 16.7. The molecular weight excluding hydrogens is 338 g/mol. The maximum atomic E-state index is 12.4. The molecule has 2 rings (SSSR count). The summed E-state index contributed by atoms with van der Waals surface area (Å²) in [5, 5.41) is 8.36. The fourth-order valence-corrected chi connectivity index (χ4v) is 2.94. The average Bonchev–Trinajstić information content (AvgIpc) is 2.59. The first-order valence-electron chi connectivity index (χ1n) is 9.32. The van der Waals surface area contributed by atoms with Crippen molar-refractivity contribution in [3.63, 3.8) is 0 Å². The van der Waals surface area contributed by atoms with Crippen LogP contribution in [-0.2, 0) is 4.79 Å². The molecule has 2 aromatic carbocycles. The van der Waals surface area contributed by atoms with Gasteiger partial charge in [0.05, 0.1) is 6.54 Å². The molecule has 27 heavy (non-hydrogen) atoms. The van der Waals surface area contributed by atoms with Gasteiger partial charge in [-0.3, -0.25) is 4.79 Å². The third-order valence-corrected chi connectivity index (χ3v) is 4.32. The molecule has 0 aromatic heterocycles. The zero-order valence-corrected chi connectivity index (χ0v) is 16.7. The van der Waals surface area contributed by atoms with Crippen LogP contribution >= 0.6 is 0 Å². The molecule has 144 valence electrons. The number of aryl methyl sites for hydroxylation is 1. The van der Waals surface area contributed by atoms with Gasteiger partial charge in [-0.2, -0.15) is 0 Å². The Hall–Kier alpha value is -2.82. The number of para-hydroxylation sites is 1. The second-order valence-corrected chi connectivity index (χ2v) is 7.35. The molecule has 0 aliphatic rings. The molecule has 0 heterocycles. The normalized spacial score (nSPS) is 10.8. The number of nitrogens with one attached hydrogen (secondary N) is 3. The number of hydrogen-bond acceptors (Lipinski definition) is 2. The Morgan fingerprint density at radius 2 is 1.48 bits per heavy atom. The van der Waals surface area contributed by atoms with Crippen LogP contribution in [0.15, 0.2) is 42.5 Å². The van der Waals surface area contributed by atoms with Gasteiger partial charge in [-0.05, 0) is 47.6 Å². The minimum Gasteiger partial charge on any atom is -0.329 e. The monoisotopic (exact) mass is 367 g/mol. The third kappa shape index (κ3) is 5.84. The van der Waals surface area contributed by atoms with E-state index in [-0.39, 0.29) is 30.3 Å². The van der Waals surface area contributed by atoms with E-state index >= 15 is 0 Å². The topological polar surface area (TPSA) is 70.2 Å². The largest absolute Gasteiger partial charge is 0.329 e. The summed E-state index contributed by atoms with van der Waals surface area (Å²) in [4.78, 5) is 24.4. The van der Waals surface area contributed by atoms with Gasteiger partial charge in [-0.15, -0.1) is 0 Å². The van der Waals surface area contributed by atoms with Crippen LogP contribution < -0.4 is 16.0 Å². The van der Waals surface area contributed by atoms with Crippen LogP contribution in [0.4, 0.5) is 16.2 Å². The van der Waals surface area contributed by atoms with Crippen molar-refractivity contribution in [3.05, 3.63) is 59.2 Å². The van der Waals surface area contributed by atoms with Crippen molar-refractivity contribution >= 4 is 23.3 Å². The van der Waals surface area contributed by atoms with Gasteiger partial charge >= 0.3 is 6.03 Å². The highest BCUT2D eigenvalue weighted by molar-refractivity contribution is 5.97. The van der Waals surface area contributed by atoms with Gasteiger partial charge < -0.3 is 16.0 Å². The fraction of sp³-hybridized carbons (Fsp3) is 0.364. The van der Waals surface area contributed by atoms with Crippen LogP contribution in [0, 0.1) is 6.92 Å². The number of carbonyl (C=O) groups excluding carboxylic acids is 2. The van der Waals surface area contributed by atoms with E-state index in [1.54, 1.807) is 0 Å². The number of urea groups is 1. The van der Waals surface area contributed by atoms with Crippen molar-refractivity contribution < 1.29 is 9.59 Å². The van der Waals surface area contributed by atoms with E-state index in [1.807, 2.05) is 49.4 Å². The number of carbonyl (C=O) groups is 2. The van der Waals surface area contributed by atoms with Crippen molar-refractivity contribution in [2.75, 3.05) is 17.2 Å². The summed E-state index contributed by atoms with van der Waals surface area (Å²) < 4.78 is 0. The molecule has 0 unspecified atom stereocenters. The van der Waals surface area contributed by atoms with Crippen molar-refractivity contribution in [1.82, 2.24) is 5.32 Å². The van der Waals surface area contributed by atoms with E-state index in [0.29, 0.717) is 0 Å². The van der Waals surface area contributed by atoms with Crippen molar-refractivity contribution in [3.8, 4) is 0 Å². The van der Waals surface area contributed by atoms with Crippen LogP contribution in [0.2, 0.25) is 0 Å². The molecule has 3 amide bonds. The fourth-order valence-electron chi connectivity index (χ4n) is 2.94. The summed E-state index contributed by atoms with van der Waals surface area (Å²) in [6.07, 6.45) is 0. The molecule has 5 heteroatoms. The Kier molecular flexibility index (Phi) is 6.99. The van der Waals surface area contributed by atoms with Gasteiger partial charge in [0, 0.05) is 11.4 Å². The van der Waals surface area contributed by atoms with Crippen LogP contribution in [0.1, 0.15) is 56.2 Å².